The Morgan fingerprint density at radius 3 is 1.65 bits per heavy atom. The molecule has 0 saturated heterocycles. The van der Waals surface area contributed by atoms with Gasteiger partial charge in [-0.3, -0.25) is 0 Å². The van der Waals surface area contributed by atoms with Crippen LogP contribution in [0.1, 0.15) is 0 Å². The van der Waals surface area contributed by atoms with Crippen LogP contribution in [0.4, 0.5) is 8.78 Å². The minimum atomic E-state index is -3.36. The Labute approximate surface area is 159 Å². The molecule has 0 N–H and O–H groups in total. The lowest BCUT2D eigenvalue weighted by atomic mass is 9.94. The molecule has 3 aromatic carbocycles. The first-order valence-corrected chi connectivity index (χ1v) is 10.1. The Bertz CT molecular complexity index is 1080. The number of hydrogen-bond donors (Lipinski definition) is 0. The average Bonchev–Trinajstić information content (AvgIpc) is 2.55. The summed E-state index contributed by atoms with van der Waals surface area (Å²) in [5.41, 5.74) is 1.83. The number of rotatable bonds is 3. The first-order valence-electron chi connectivity index (χ1n) is 7.41. The lowest BCUT2D eigenvalue weighted by Crippen LogP contribution is -1.97. The first-order chi connectivity index (χ1) is 12.1. The molecule has 0 aromatic heterocycles. The zero-order valence-corrected chi connectivity index (χ0v) is 15.8. The molecular weight excluding hydrogens is 401 g/mol. The van der Waals surface area contributed by atoms with Crippen LogP contribution in [0.3, 0.4) is 0 Å². The van der Waals surface area contributed by atoms with Crippen LogP contribution in [0.5, 0.6) is 0 Å². The van der Waals surface area contributed by atoms with Crippen molar-refractivity contribution in [1.82, 2.24) is 0 Å². The number of benzene rings is 3. The normalized spacial score (nSPS) is 11.6. The van der Waals surface area contributed by atoms with Gasteiger partial charge in [-0.15, -0.1) is 0 Å². The second kappa shape index (κ2) is 6.99. The zero-order valence-electron chi connectivity index (χ0n) is 13.4. The summed E-state index contributed by atoms with van der Waals surface area (Å²) in [6.45, 7) is 0. The fourth-order valence-electron chi connectivity index (χ4n) is 2.62. The topological polar surface area (TPSA) is 34.1 Å². The predicted molar refractivity (Wildman–Crippen MR) is 100 cm³/mol. The smallest absolute Gasteiger partial charge is 0.175 e. The van der Waals surface area contributed by atoms with Crippen molar-refractivity contribution in [2.45, 2.75) is 4.90 Å². The number of sulfone groups is 1. The van der Waals surface area contributed by atoms with Crippen LogP contribution >= 0.6 is 23.2 Å². The Morgan fingerprint density at radius 2 is 1.19 bits per heavy atom. The predicted octanol–water partition coefficient (Wildman–Crippen LogP) is 6.01. The third-order valence-electron chi connectivity index (χ3n) is 3.83. The van der Waals surface area contributed by atoms with E-state index in [0.29, 0.717) is 32.3 Å². The van der Waals surface area contributed by atoms with Crippen molar-refractivity contribution in [3.05, 3.63) is 76.3 Å². The molecule has 0 heterocycles. The van der Waals surface area contributed by atoms with Gasteiger partial charge in [-0.2, -0.15) is 0 Å². The van der Waals surface area contributed by atoms with Crippen LogP contribution in [0, 0.1) is 11.6 Å². The van der Waals surface area contributed by atoms with E-state index in [9.17, 15) is 17.2 Å². The molecule has 2 nitrogen and oxygen atoms in total. The highest BCUT2D eigenvalue weighted by atomic mass is 35.5. The monoisotopic (exact) mass is 412 g/mol. The summed E-state index contributed by atoms with van der Waals surface area (Å²) in [5.74, 6) is -2.02. The summed E-state index contributed by atoms with van der Waals surface area (Å²) < 4.78 is 50.9. The van der Waals surface area contributed by atoms with E-state index < -0.39 is 21.5 Å². The van der Waals surface area contributed by atoms with Crippen molar-refractivity contribution in [1.29, 1.82) is 0 Å². The van der Waals surface area contributed by atoms with Gasteiger partial charge in [-0.1, -0.05) is 35.3 Å². The van der Waals surface area contributed by atoms with Gasteiger partial charge in [-0.05, 0) is 64.7 Å². The minimum absolute atomic E-state index is 0.135. The molecule has 0 radical (unpaired) electrons. The summed E-state index contributed by atoms with van der Waals surface area (Å²) in [6, 6.07) is 12.8. The summed E-state index contributed by atoms with van der Waals surface area (Å²) in [5, 5.41) is 0.714. The van der Waals surface area contributed by atoms with E-state index in [1.165, 1.54) is 18.2 Å². The van der Waals surface area contributed by atoms with Gasteiger partial charge in [0.1, 0.15) is 0 Å². The van der Waals surface area contributed by atoms with Crippen LogP contribution in [-0.2, 0) is 9.84 Å². The van der Waals surface area contributed by atoms with Crippen molar-refractivity contribution in [3.8, 4) is 22.3 Å². The van der Waals surface area contributed by atoms with E-state index >= 15 is 0 Å². The van der Waals surface area contributed by atoms with Crippen molar-refractivity contribution in [2.75, 3.05) is 6.26 Å². The molecule has 0 aliphatic carbocycles. The van der Waals surface area contributed by atoms with Gasteiger partial charge in [0.25, 0.3) is 0 Å². The highest BCUT2D eigenvalue weighted by Crippen LogP contribution is 2.36. The molecule has 0 amide bonds. The van der Waals surface area contributed by atoms with Crippen LogP contribution in [-0.4, -0.2) is 14.7 Å². The molecule has 3 aromatic rings. The van der Waals surface area contributed by atoms with Crippen molar-refractivity contribution >= 4 is 33.0 Å². The third kappa shape index (κ3) is 3.90. The minimum Gasteiger partial charge on any atom is -0.224 e. The molecule has 0 aliphatic heterocycles. The molecule has 26 heavy (non-hydrogen) atoms. The van der Waals surface area contributed by atoms with E-state index in [-0.39, 0.29) is 4.90 Å². The highest BCUT2D eigenvalue weighted by molar-refractivity contribution is 7.90. The van der Waals surface area contributed by atoms with Crippen LogP contribution in [0.25, 0.3) is 22.3 Å². The van der Waals surface area contributed by atoms with E-state index in [2.05, 4.69) is 0 Å². The van der Waals surface area contributed by atoms with E-state index in [4.69, 9.17) is 23.2 Å². The molecule has 0 fully saturated rings. The lowest BCUT2D eigenvalue weighted by Gasteiger charge is -2.13. The van der Waals surface area contributed by atoms with Crippen LogP contribution in [0.2, 0.25) is 10.0 Å². The van der Waals surface area contributed by atoms with Gasteiger partial charge < -0.3 is 0 Å². The summed E-state index contributed by atoms with van der Waals surface area (Å²) in [7, 11) is -3.36. The largest absolute Gasteiger partial charge is 0.224 e. The Morgan fingerprint density at radius 1 is 0.731 bits per heavy atom. The fraction of sp³-hybridized carbons (Fsp3) is 0.0526. The van der Waals surface area contributed by atoms with E-state index in [1.54, 1.807) is 24.3 Å². The molecule has 0 saturated carbocycles. The first kappa shape index (κ1) is 18.8. The Hall–Kier alpha value is -1.95. The van der Waals surface area contributed by atoms with Crippen LogP contribution in [0.15, 0.2) is 59.5 Å². The molecule has 0 aliphatic rings. The standard InChI is InChI=1S/C19H12Cl2F2O2S/c1-26(24,25)15-4-2-11(3-5-15)16-9-18(22)19(23)10-17(16)12-6-13(20)8-14(21)7-12/h2-10H,1H3. The maximum atomic E-state index is 13.9. The molecule has 0 spiro atoms. The maximum absolute atomic E-state index is 13.9. The van der Waals surface area contributed by atoms with Gasteiger partial charge in [0.2, 0.25) is 0 Å². The summed E-state index contributed by atoms with van der Waals surface area (Å²) in [6.07, 6.45) is 1.10. The van der Waals surface area contributed by atoms with Gasteiger partial charge in [0.05, 0.1) is 4.90 Å². The molecule has 0 unspecified atom stereocenters. The lowest BCUT2D eigenvalue weighted by molar-refractivity contribution is 0.509. The zero-order chi connectivity index (χ0) is 19.1. The van der Waals surface area contributed by atoms with Crippen LogP contribution < -0.4 is 0 Å². The van der Waals surface area contributed by atoms with Gasteiger partial charge in [-0.25, -0.2) is 17.2 Å². The van der Waals surface area contributed by atoms with Crippen molar-refractivity contribution < 1.29 is 17.2 Å². The molecular formula is C19H12Cl2F2O2S. The van der Waals surface area contributed by atoms with Gasteiger partial charge in [0, 0.05) is 16.3 Å². The summed E-state index contributed by atoms with van der Waals surface area (Å²) in [4.78, 5) is 0.135. The highest BCUT2D eigenvalue weighted by Gasteiger charge is 2.15. The second-order valence-corrected chi connectivity index (χ2v) is 8.66. The Balaban J connectivity index is 2.22. The van der Waals surface area contributed by atoms with E-state index in [1.807, 2.05) is 0 Å². The maximum Gasteiger partial charge on any atom is 0.175 e. The van der Waals surface area contributed by atoms with E-state index in [0.717, 1.165) is 18.4 Å². The van der Waals surface area contributed by atoms with Crippen molar-refractivity contribution in [2.24, 2.45) is 0 Å². The Kier molecular flexibility index (Phi) is 5.06. The molecule has 0 atom stereocenters. The number of halogens is 4. The molecule has 0 bridgehead atoms. The van der Waals surface area contributed by atoms with Gasteiger partial charge >= 0.3 is 0 Å². The SMILES string of the molecule is CS(=O)(=O)c1ccc(-c2cc(F)c(F)cc2-c2cc(Cl)cc(Cl)c2)cc1. The number of hydrogen-bond acceptors (Lipinski definition) is 2. The quantitative estimate of drug-likeness (QED) is 0.527. The second-order valence-electron chi connectivity index (χ2n) is 5.77. The molecule has 3 rings (SSSR count). The average molecular weight is 413 g/mol. The van der Waals surface area contributed by atoms with Crippen molar-refractivity contribution in [3.63, 3.8) is 0 Å². The molecule has 7 heteroatoms. The summed E-state index contributed by atoms with van der Waals surface area (Å²) >= 11 is 12.0. The molecule has 134 valence electrons. The third-order valence-corrected chi connectivity index (χ3v) is 5.39. The fourth-order valence-corrected chi connectivity index (χ4v) is 3.77. The van der Waals surface area contributed by atoms with Gasteiger partial charge in [0.15, 0.2) is 21.5 Å².